The summed E-state index contributed by atoms with van der Waals surface area (Å²) in [5, 5.41) is 0. The van der Waals surface area contributed by atoms with E-state index in [1.165, 1.54) is 26.9 Å². The van der Waals surface area contributed by atoms with Crippen LogP contribution in [0.3, 0.4) is 0 Å². The summed E-state index contributed by atoms with van der Waals surface area (Å²) in [5.41, 5.74) is 1.99. The van der Waals surface area contributed by atoms with Gasteiger partial charge >= 0.3 is 11.9 Å². The molecule has 168 valence electrons. The van der Waals surface area contributed by atoms with Crippen LogP contribution in [0.25, 0.3) is 0 Å². The largest absolute Gasteiger partial charge is 0.465 e. The molecule has 1 aliphatic heterocycles. The third-order valence-electron chi connectivity index (χ3n) is 5.28. The van der Waals surface area contributed by atoms with Crippen molar-refractivity contribution >= 4 is 33.3 Å². The van der Waals surface area contributed by atoms with Gasteiger partial charge in [-0.3, -0.25) is 4.90 Å². The highest BCUT2D eigenvalue weighted by Crippen LogP contribution is 2.33. The van der Waals surface area contributed by atoms with Gasteiger partial charge < -0.3 is 9.47 Å². The number of ether oxygens (including phenoxy) is 2. The predicted octanol–water partition coefficient (Wildman–Crippen LogP) is 2.70. The Bertz CT molecular complexity index is 1070. The standard InChI is InChI=1S/C21H26N2O6S2/c1-14-17(19(24)28-2)21(30-18(14)20(25)29-3)31(26,27)22-12-15-8-4-5-9-16(15)13-23-10-6-7-11-23/h4-5,8-9,22H,6-7,10-13H2,1-3H3. The number of nitrogens with zero attached hydrogens (tertiary/aromatic N) is 1. The minimum Gasteiger partial charge on any atom is -0.465 e. The van der Waals surface area contributed by atoms with E-state index < -0.39 is 22.0 Å². The Kier molecular flexibility index (Phi) is 7.47. The van der Waals surface area contributed by atoms with Crippen molar-refractivity contribution in [2.45, 2.75) is 37.1 Å². The van der Waals surface area contributed by atoms with E-state index in [2.05, 4.69) is 9.62 Å². The lowest BCUT2D eigenvalue weighted by atomic mass is 10.1. The molecule has 1 aromatic heterocycles. The molecule has 0 radical (unpaired) electrons. The van der Waals surface area contributed by atoms with Gasteiger partial charge in [-0.25, -0.2) is 22.7 Å². The number of hydrogen-bond donors (Lipinski definition) is 1. The smallest absolute Gasteiger partial charge is 0.348 e. The van der Waals surface area contributed by atoms with E-state index in [1.54, 1.807) is 0 Å². The summed E-state index contributed by atoms with van der Waals surface area (Å²) in [4.78, 5) is 26.7. The van der Waals surface area contributed by atoms with Crippen molar-refractivity contribution in [1.29, 1.82) is 0 Å². The zero-order valence-corrected chi connectivity index (χ0v) is 19.4. The monoisotopic (exact) mass is 466 g/mol. The fraction of sp³-hybridized carbons (Fsp3) is 0.429. The second kappa shape index (κ2) is 9.90. The summed E-state index contributed by atoms with van der Waals surface area (Å²) in [6, 6.07) is 7.67. The quantitative estimate of drug-likeness (QED) is 0.597. The van der Waals surface area contributed by atoms with Crippen molar-refractivity contribution in [3.05, 3.63) is 51.4 Å². The average Bonchev–Trinajstić information content (AvgIpc) is 3.40. The van der Waals surface area contributed by atoms with Gasteiger partial charge in [0.25, 0.3) is 10.0 Å². The van der Waals surface area contributed by atoms with Crippen LogP contribution in [0.2, 0.25) is 0 Å². The van der Waals surface area contributed by atoms with E-state index in [0.717, 1.165) is 37.9 Å². The number of sulfonamides is 1. The summed E-state index contributed by atoms with van der Waals surface area (Å²) in [7, 11) is -1.73. The van der Waals surface area contributed by atoms with Gasteiger partial charge in [-0.15, -0.1) is 11.3 Å². The van der Waals surface area contributed by atoms with Gasteiger partial charge in [0.2, 0.25) is 0 Å². The highest BCUT2D eigenvalue weighted by molar-refractivity contribution is 7.91. The van der Waals surface area contributed by atoms with E-state index >= 15 is 0 Å². The summed E-state index contributed by atoms with van der Waals surface area (Å²) >= 11 is 0.701. The van der Waals surface area contributed by atoms with Crippen LogP contribution in [0.4, 0.5) is 0 Å². The number of methoxy groups -OCH3 is 2. The van der Waals surface area contributed by atoms with Gasteiger partial charge in [-0.1, -0.05) is 24.3 Å². The fourth-order valence-electron chi connectivity index (χ4n) is 3.61. The van der Waals surface area contributed by atoms with E-state index in [0.29, 0.717) is 11.3 Å². The Morgan fingerprint density at radius 1 is 1.06 bits per heavy atom. The van der Waals surface area contributed by atoms with Crippen LogP contribution in [-0.4, -0.2) is 52.6 Å². The molecule has 0 saturated carbocycles. The first kappa shape index (κ1) is 23.4. The third kappa shape index (κ3) is 5.15. The van der Waals surface area contributed by atoms with Crippen LogP contribution < -0.4 is 4.72 Å². The molecular weight excluding hydrogens is 440 g/mol. The van der Waals surface area contributed by atoms with E-state index in [-0.39, 0.29) is 26.8 Å². The predicted molar refractivity (Wildman–Crippen MR) is 117 cm³/mol. The Morgan fingerprint density at radius 3 is 2.29 bits per heavy atom. The molecule has 8 nitrogen and oxygen atoms in total. The second-order valence-electron chi connectivity index (χ2n) is 7.28. The molecule has 1 aromatic carbocycles. The molecule has 1 N–H and O–H groups in total. The molecule has 3 rings (SSSR count). The van der Waals surface area contributed by atoms with Crippen molar-refractivity contribution < 1.29 is 27.5 Å². The minimum absolute atomic E-state index is 0.0534. The van der Waals surface area contributed by atoms with Crippen LogP contribution in [-0.2, 0) is 32.6 Å². The molecule has 0 amide bonds. The number of thiophene rings is 1. The van der Waals surface area contributed by atoms with Crippen LogP contribution >= 0.6 is 11.3 Å². The summed E-state index contributed by atoms with van der Waals surface area (Å²) < 4.78 is 38.0. The number of rotatable bonds is 8. The van der Waals surface area contributed by atoms with Crippen LogP contribution in [0.1, 0.15) is 49.6 Å². The molecule has 0 bridgehead atoms. The lowest BCUT2D eigenvalue weighted by molar-refractivity contribution is 0.0596. The highest BCUT2D eigenvalue weighted by atomic mass is 32.2. The highest BCUT2D eigenvalue weighted by Gasteiger charge is 2.32. The summed E-state index contributed by atoms with van der Waals surface area (Å²) in [6.07, 6.45) is 2.34. The van der Waals surface area contributed by atoms with E-state index in [1.807, 2.05) is 24.3 Å². The number of hydrogen-bond acceptors (Lipinski definition) is 8. The van der Waals surface area contributed by atoms with Gasteiger partial charge in [0, 0.05) is 13.1 Å². The van der Waals surface area contributed by atoms with Crippen LogP contribution in [0.15, 0.2) is 28.5 Å². The van der Waals surface area contributed by atoms with Gasteiger partial charge in [-0.05, 0) is 49.5 Å². The molecule has 0 unspecified atom stereocenters. The Hall–Kier alpha value is -2.27. The molecule has 1 saturated heterocycles. The maximum atomic E-state index is 13.1. The van der Waals surface area contributed by atoms with E-state index in [9.17, 15) is 18.0 Å². The molecule has 10 heteroatoms. The maximum Gasteiger partial charge on any atom is 0.348 e. The van der Waals surface area contributed by atoms with Gasteiger partial charge in [0.1, 0.15) is 4.88 Å². The lowest BCUT2D eigenvalue weighted by Gasteiger charge is -2.17. The van der Waals surface area contributed by atoms with Crippen molar-refractivity contribution in [1.82, 2.24) is 9.62 Å². The normalized spacial score (nSPS) is 14.5. The molecule has 31 heavy (non-hydrogen) atoms. The molecule has 0 aliphatic carbocycles. The van der Waals surface area contributed by atoms with Crippen molar-refractivity contribution in [2.75, 3.05) is 27.3 Å². The minimum atomic E-state index is -4.09. The van der Waals surface area contributed by atoms with E-state index in [4.69, 9.17) is 9.47 Å². The van der Waals surface area contributed by atoms with Gasteiger partial charge in [-0.2, -0.15) is 0 Å². The Morgan fingerprint density at radius 2 is 1.68 bits per heavy atom. The van der Waals surface area contributed by atoms with Crippen LogP contribution in [0, 0.1) is 6.92 Å². The zero-order chi connectivity index (χ0) is 22.6. The van der Waals surface area contributed by atoms with Crippen molar-refractivity contribution in [3.63, 3.8) is 0 Å². The number of benzene rings is 1. The van der Waals surface area contributed by atoms with Gasteiger partial charge in [0.05, 0.1) is 19.8 Å². The molecule has 0 spiro atoms. The molecule has 2 heterocycles. The summed E-state index contributed by atoms with van der Waals surface area (Å²) in [6.45, 7) is 4.40. The lowest BCUT2D eigenvalue weighted by Crippen LogP contribution is -2.26. The molecule has 1 aliphatic rings. The second-order valence-corrected chi connectivity index (χ2v) is 10.3. The molecule has 2 aromatic rings. The first-order chi connectivity index (χ1) is 14.8. The molecule has 1 fully saturated rings. The summed E-state index contributed by atoms with van der Waals surface area (Å²) in [5.74, 6) is -1.52. The Balaban J connectivity index is 1.88. The SMILES string of the molecule is COC(=O)c1sc(S(=O)(=O)NCc2ccccc2CN2CCCC2)c(C(=O)OC)c1C. The zero-order valence-electron chi connectivity index (χ0n) is 17.8. The first-order valence-corrected chi connectivity index (χ1v) is 12.2. The first-order valence-electron chi connectivity index (χ1n) is 9.87. The van der Waals surface area contributed by atoms with Gasteiger partial charge in [0.15, 0.2) is 4.21 Å². The van der Waals surface area contributed by atoms with Crippen molar-refractivity contribution in [3.8, 4) is 0 Å². The fourth-order valence-corrected chi connectivity index (χ4v) is 6.40. The number of nitrogens with one attached hydrogen (secondary N) is 1. The third-order valence-corrected chi connectivity index (χ3v) is 8.47. The Labute approximate surface area is 186 Å². The van der Waals surface area contributed by atoms with Crippen molar-refractivity contribution in [2.24, 2.45) is 0 Å². The number of likely N-dealkylation sites (tertiary alicyclic amines) is 1. The number of esters is 2. The topological polar surface area (TPSA) is 102 Å². The molecular formula is C21H26N2O6S2. The molecule has 0 atom stereocenters. The maximum absolute atomic E-state index is 13.1. The van der Waals surface area contributed by atoms with Crippen LogP contribution in [0.5, 0.6) is 0 Å². The average molecular weight is 467 g/mol. The number of carbonyl (C=O) groups excluding carboxylic acids is 2. The number of carbonyl (C=O) groups is 2.